The largest absolute Gasteiger partial charge is 0.481 e. The third-order valence-corrected chi connectivity index (χ3v) is 3.72. The first-order chi connectivity index (χ1) is 9.97. The van der Waals surface area contributed by atoms with E-state index in [0.717, 1.165) is 0 Å². The number of carbonyl (C=O) groups is 1. The van der Waals surface area contributed by atoms with Gasteiger partial charge in [0.1, 0.15) is 5.69 Å². The summed E-state index contributed by atoms with van der Waals surface area (Å²) in [5.41, 5.74) is 0.559. The third-order valence-electron chi connectivity index (χ3n) is 3.49. The van der Waals surface area contributed by atoms with Gasteiger partial charge in [-0.05, 0) is 12.1 Å². The Morgan fingerprint density at radius 1 is 1.33 bits per heavy atom. The van der Waals surface area contributed by atoms with Crippen LogP contribution in [0.25, 0.3) is 0 Å². The first kappa shape index (κ1) is 15.5. The Bertz CT molecular complexity index is 544. The lowest BCUT2D eigenvalue weighted by Crippen LogP contribution is -2.47. The molecule has 2 rings (SSSR count). The highest BCUT2D eigenvalue weighted by Crippen LogP contribution is 2.31. The fourth-order valence-corrected chi connectivity index (χ4v) is 2.54. The van der Waals surface area contributed by atoms with Gasteiger partial charge in [0, 0.05) is 43.8 Å². The van der Waals surface area contributed by atoms with E-state index in [1.165, 1.54) is 6.07 Å². The van der Waals surface area contributed by atoms with E-state index in [-0.39, 0.29) is 12.1 Å². The summed E-state index contributed by atoms with van der Waals surface area (Å²) in [6.45, 7) is 3.14. The highest BCUT2D eigenvalue weighted by Gasteiger charge is 2.24. The normalized spacial score (nSPS) is 16.0. The zero-order chi connectivity index (χ0) is 15.4. The number of halogens is 1. The van der Waals surface area contributed by atoms with Crippen LogP contribution in [0.5, 0.6) is 0 Å². The second-order valence-electron chi connectivity index (χ2n) is 4.86. The highest BCUT2D eigenvalue weighted by molar-refractivity contribution is 6.30. The van der Waals surface area contributed by atoms with E-state index in [4.69, 9.17) is 16.7 Å². The number of anilines is 1. The van der Waals surface area contributed by atoms with Crippen molar-refractivity contribution in [2.45, 2.75) is 6.42 Å². The zero-order valence-corrected chi connectivity index (χ0v) is 12.1. The van der Waals surface area contributed by atoms with Gasteiger partial charge in [-0.2, -0.15) is 0 Å². The summed E-state index contributed by atoms with van der Waals surface area (Å²) >= 11 is 5.81. The molecule has 1 saturated heterocycles. The zero-order valence-electron chi connectivity index (χ0n) is 11.4. The molecule has 7 nitrogen and oxygen atoms in total. The van der Waals surface area contributed by atoms with E-state index in [0.29, 0.717) is 43.4 Å². The molecule has 0 spiro atoms. The number of carboxylic acid groups (broad SMARTS) is 1. The Labute approximate surface area is 126 Å². The molecule has 1 aliphatic rings. The van der Waals surface area contributed by atoms with E-state index in [1.807, 2.05) is 9.80 Å². The molecule has 0 unspecified atom stereocenters. The van der Waals surface area contributed by atoms with Gasteiger partial charge in [-0.3, -0.25) is 19.8 Å². The van der Waals surface area contributed by atoms with Crippen LogP contribution in [0.4, 0.5) is 11.4 Å². The SMILES string of the molecule is O=C(O)CCN1CCN(c2ccc(Cl)cc2[N+](=O)[O-])CC1. The molecule has 114 valence electrons. The third kappa shape index (κ3) is 4.05. The summed E-state index contributed by atoms with van der Waals surface area (Å²) in [5.74, 6) is -0.814. The molecule has 1 aromatic carbocycles. The van der Waals surface area contributed by atoms with Crippen LogP contribution in [0.2, 0.25) is 5.02 Å². The Kier molecular flexibility index (Phi) is 4.98. The molecule has 0 bridgehead atoms. The van der Waals surface area contributed by atoms with Crippen molar-refractivity contribution in [3.8, 4) is 0 Å². The van der Waals surface area contributed by atoms with Crippen molar-refractivity contribution in [3.05, 3.63) is 33.3 Å². The van der Waals surface area contributed by atoms with Gasteiger partial charge in [0.05, 0.1) is 11.3 Å². The van der Waals surface area contributed by atoms with Gasteiger partial charge in [0.2, 0.25) is 0 Å². The summed E-state index contributed by atoms with van der Waals surface area (Å²) < 4.78 is 0. The number of nitrogens with zero attached hydrogens (tertiary/aromatic N) is 3. The molecule has 0 aliphatic carbocycles. The Morgan fingerprint density at radius 2 is 2.00 bits per heavy atom. The van der Waals surface area contributed by atoms with Crippen LogP contribution in [0.1, 0.15) is 6.42 Å². The van der Waals surface area contributed by atoms with E-state index >= 15 is 0 Å². The van der Waals surface area contributed by atoms with Crippen molar-refractivity contribution in [1.29, 1.82) is 0 Å². The molecule has 1 aromatic rings. The van der Waals surface area contributed by atoms with Crippen LogP contribution in [-0.2, 0) is 4.79 Å². The predicted octanol–water partition coefficient (Wildman–Crippen LogP) is 1.84. The minimum atomic E-state index is -0.814. The number of aliphatic carboxylic acids is 1. The van der Waals surface area contributed by atoms with E-state index < -0.39 is 10.9 Å². The summed E-state index contributed by atoms with van der Waals surface area (Å²) in [6, 6.07) is 4.65. The van der Waals surface area contributed by atoms with E-state index in [2.05, 4.69) is 0 Å². The van der Waals surface area contributed by atoms with Gasteiger partial charge >= 0.3 is 5.97 Å². The Balaban J connectivity index is 2.02. The van der Waals surface area contributed by atoms with Crippen molar-refractivity contribution in [3.63, 3.8) is 0 Å². The molecule has 21 heavy (non-hydrogen) atoms. The smallest absolute Gasteiger partial charge is 0.304 e. The molecule has 0 aromatic heterocycles. The van der Waals surface area contributed by atoms with Crippen molar-refractivity contribution in [2.75, 3.05) is 37.6 Å². The average molecular weight is 314 g/mol. The number of carboxylic acids is 1. The summed E-state index contributed by atoms with van der Waals surface area (Å²) in [7, 11) is 0. The Hall–Kier alpha value is -1.86. The molecule has 0 atom stereocenters. The minimum Gasteiger partial charge on any atom is -0.481 e. The number of hydrogen-bond acceptors (Lipinski definition) is 5. The lowest BCUT2D eigenvalue weighted by Gasteiger charge is -2.35. The first-order valence-electron chi connectivity index (χ1n) is 6.60. The van der Waals surface area contributed by atoms with Gasteiger partial charge in [-0.25, -0.2) is 0 Å². The van der Waals surface area contributed by atoms with Crippen molar-refractivity contribution >= 4 is 28.9 Å². The summed E-state index contributed by atoms with van der Waals surface area (Å²) in [5, 5.41) is 20.1. The molecular weight excluding hydrogens is 298 g/mol. The number of piperazine rings is 1. The molecule has 1 aliphatic heterocycles. The number of nitro groups is 1. The topological polar surface area (TPSA) is 86.9 Å². The molecule has 1 fully saturated rings. The summed E-state index contributed by atoms with van der Waals surface area (Å²) in [4.78, 5) is 25.2. The highest BCUT2D eigenvalue weighted by atomic mass is 35.5. The molecule has 0 radical (unpaired) electrons. The van der Waals surface area contributed by atoms with Gasteiger partial charge < -0.3 is 10.0 Å². The average Bonchev–Trinajstić information content (AvgIpc) is 2.45. The maximum atomic E-state index is 11.1. The molecule has 8 heteroatoms. The maximum absolute atomic E-state index is 11.1. The van der Waals surface area contributed by atoms with Crippen molar-refractivity contribution in [2.24, 2.45) is 0 Å². The fourth-order valence-electron chi connectivity index (χ4n) is 2.38. The van der Waals surface area contributed by atoms with Crippen LogP contribution in [0.3, 0.4) is 0 Å². The second kappa shape index (κ2) is 6.73. The van der Waals surface area contributed by atoms with E-state index in [1.54, 1.807) is 12.1 Å². The molecule has 1 heterocycles. The number of rotatable bonds is 5. The molecule has 1 N–H and O–H groups in total. The van der Waals surface area contributed by atoms with E-state index in [9.17, 15) is 14.9 Å². The van der Waals surface area contributed by atoms with Gasteiger partial charge in [0.15, 0.2) is 0 Å². The van der Waals surface area contributed by atoms with Crippen LogP contribution < -0.4 is 4.90 Å². The fraction of sp³-hybridized carbons (Fsp3) is 0.462. The number of benzene rings is 1. The van der Waals surface area contributed by atoms with Crippen molar-refractivity contribution < 1.29 is 14.8 Å². The van der Waals surface area contributed by atoms with Gasteiger partial charge in [-0.15, -0.1) is 0 Å². The monoisotopic (exact) mass is 313 g/mol. The van der Waals surface area contributed by atoms with Crippen LogP contribution in [0, 0.1) is 10.1 Å². The van der Waals surface area contributed by atoms with Crippen molar-refractivity contribution in [1.82, 2.24) is 4.90 Å². The Morgan fingerprint density at radius 3 is 2.57 bits per heavy atom. The molecular formula is C13H16ClN3O4. The molecule has 0 amide bonds. The van der Waals surface area contributed by atoms with Crippen LogP contribution in [-0.4, -0.2) is 53.6 Å². The number of nitro benzene ring substituents is 1. The van der Waals surface area contributed by atoms with Crippen LogP contribution in [0.15, 0.2) is 18.2 Å². The number of hydrogen-bond donors (Lipinski definition) is 1. The predicted molar refractivity (Wildman–Crippen MR) is 79.0 cm³/mol. The summed E-state index contributed by atoms with van der Waals surface area (Å²) in [6.07, 6.45) is 0.112. The van der Waals surface area contributed by atoms with Gasteiger partial charge in [-0.1, -0.05) is 11.6 Å². The standard InChI is InChI=1S/C13H16ClN3O4/c14-10-1-2-11(12(9-10)17(20)21)16-7-5-15(6-8-16)4-3-13(18)19/h1-2,9H,3-8H2,(H,18,19). The second-order valence-corrected chi connectivity index (χ2v) is 5.30. The quantitative estimate of drug-likeness (QED) is 0.659. The lowest BCUT2D eigenvalue weighted by molar-refractivity contribution is -0.384. The minimum absolute atomic E-state index is 0.00138. The first-order valence-corrected chi connectivity index (χ1v) is 6.98. The maximum Gasteiger partial charge on any atom is 0.304 e. The van der Waals surface area contributed by atoms with Gasteiger partial charge in [0.25, 0.3) is 5.69 Å². The lowest BCUT2D eigenvalue weighted by atomic mass is 10.2. The van der Waals surface area contributed by atoms with Crippen LogP contribution >= 0.6 is 11.6 Å². The molecule has 0 saturated carbocycles.